The third kappa shape index (κ3) is 3.47. The Labute approximate surface area is 116 Å². The summed E-state index contributed by atoms with van der Waals surface area (Å²) in [4.78, 5) is 0. The van der Waals surface area contributed by atoms with Gasteiger partial charge >= 0.3 is 0 Å². The molecule has 0 saturated carbocycles. The highest BCUT2D eigenvalue weighted by Crippen LogP contribution is 2.24. The van der Waals surface area contributed by atoms with E-state index in [-0.39, 0.29) is 0 Å². The maximum absolute atomic E-state index is 3.81. The van der Waals surface area contributed by atoms with Gasteiger partial charge in [-0.05, 0) is 29.5 Å². The van der Waals surface area contributed by atoms with Crippen molar-refractivity contribution in [3.8, 4) is 11.1 Å². The first kappa shape index (κ1) is 13.4. The van der Waals surface area contributed by atoms with Crippen LogP contribution < -0.4 is 0 Å². The van der Waals surface area contributed by atoms with Gasteiger partial charge in [0, 0.05) is 5.57 Å². The SMILES string of the molecule is C=C=C(CCCC)c1ccc(-c2ccccc2)cc1. The van der Waals surface area contributed by atoms with Crippen LogP contribution in [0.1, 0.15) is 31.7 Å². The minimum atomic E-state index is 1.06. The van der Waals surface area contributed by atoms with Crippen LogP contribution >= 0.6 is 0 Å². The Balaban J connectivity index is 2.21. The van der Waals surface area contributed by atoms with Crippen molar-refractivity contribution in [2.75, 3.05) is 0 Å². The van der Waals surface area contributed by atoms with E-state index < -0.39 is 0 Å². The van der Waals surface area contributed by atoms with Crippen LogP contribution in [0.3, 0.4) is 0 Å². The maximum Gasteiger partial charge on any atom is 0.000581 e. The van der Waals surface area contributed by atoms with Gasteiger partial charge in [-0.1, -0.05) is 74.5 Å². The van der Waals surface area contributed by atoms with Crippen molar-refractivity contribution in [1.29, 1.82) is 0 Å². The van der Waals surface area contributed by atoms with Crippen LogP contribution in [0.2, 0.25) is 0 Å². The zero-order valence-corrected chi connectivity index (χ0v) is 11.5. The number of allylic oxidation sites excluding steroid dienone is 1. The van der Waals surface area contributed by atoms with E-state index in [1.807, 2.05) is 6.07 Å². The lowest BCUT2D eigenvalue weighted by Crippen LogP contribution is -1.85. The summed E-state index contributed by atoms with van der Waals surface area (Å²) in [6.07, 6.45) is 3.45. The molecule has 0 aliphatic carbocycles. The second-order valence-electron chi connectivity index (χ2n) is 4.70. The first-order chi connectivity index (χ1) is 9.35. The van der Waals surface area contributed by atoms with E-state index >= 15 is 0 Å². The highest BCUT2D eigenvalue weighted by molar-refractivity contribution is 5.70. The Morgan fingerprint density at radius 1 is 0.947 bits per heavy atom. The molecule has 2 rings (SSSR count). The number of unbranched alkanes of at least 4 members (excludes halogenated alkanes) is 1. The third-order valence-electron chi connectivity index (χ3n) is 3.33. The van der Waals surface area contributed by atoms with Gasteiger partial charge in [0.25, 0.3) is 0 Å². The Morgan fingerprint density at radius 3 is 2.16 bits per heavy atom. The van der Waals surface area contributed by atoms with Crippen molar-refractivity contribution < 1.29 is 0 Å². The predicted octanol–water partition coefficient (Wildman–Crippen LogP) is 5.71. The van der Waals surface area contributed by atoms with Crippen LogP contribution in [0, 0.1) is 0 Å². The molecule has 0 amide bonds. The third-order valence-corrected chi connectivity index (χ3v) is 3.33. The molecule has 0 fully saturated rings. The van der Waals surface area contributed by atoms with Crippen molar-refractivity contribution in [2.24, 2.45) is 0 Å². The lowest BCUT2D eigenvalue weighted by molar-refractivity contribution is 0.825. The van der Waals surface area contributed by atoms with Crippen molar-refractivity contribution in [2.45, 2.75) is 26.2 Å². The highest BCUT2D eigenvalue weighted by Gasteiger charge is 2.02. The average molecular weight is 248 g/mol. The number of hydrogen-bond donors (Lipinski definition) is 0. The molecule has 0 heterocycles. The lowest BCUT2D eigenvalue weighted by Gasteiger charge is -2.06. The zero-order valence-electron chi connectivity index (χ0n) is 11.5. The van der Waals surface area contributed by atoms with Crippen LogP contribution in [0.15, 0.2) is 66.9 Å². The van der Waals surface area contributed by atoms with Crippen molar-refractivity contribution in [1.82, 2.24) is 0 Å². The van der Waals surface area contributed by atoms with E-state index in [2.05, 4.69) is 67.8 Å². The maximum atomic E-state index is 3.81. The summed E-state index contributed by atoms with van der Waals surface area (Å²) in [6, 6.07) is 19.1. The highest BCUT2D eigenvalue weighted by atomic mass is 14.1. The molecular weight excluding hydrogens is 228 g/mol. The molecule has 0 aromatic heterocycles. The molecule has 0 radical (unpaired) electrons. The molecule has 0 nitrogen and oxygen atoms in total. The van der Waals surface area contributed by atoms with Gasteiger partial charge in [0.05, 0.1) is 0 Å². The molecule has 19 heavy (non-hydrogen) atoms. The summed E-state index contributed by atoms with van der Waals surface area (Å²) in [6.45, 7) is 6.02. The van der Waals surface area contributed by atoms with Crippen molar-refractivity contribution in [3.63, 3.8) is 0 Å². The van der Waals surface area contributed by atoms with Gasteiger partial charge in [0.1, 0.15) is 0 Å². The van der Waals surface area contributed by atoms with Gasteiger partial charge in [-0.2, -0.15) is 0 Å². The molecule has 0 atom stereocenters. The Kier molecular flexibility index (Phi) is 4.78. The van der Waals surface area contributed by atoms with Gasteiger partial charge in [0.15, 0.2) is 0 Å². The van der Waals surface area contributed by atoms with Gasteiger partial charge in [0.2, 0.25) is 0 Å². The van der Waals surface area contributed by atoms with Crippen molar-refractivity contribution in [3.05, 3.63) is 72.5 Å². The van der Waals surface area contributed by atoms with Gasteiger partial charge in [-0.25, -0.2) is 0 Å². The molecule has 0 aliphatic rings. The summed E-state index contributed by atoms with van der Waals surface area (Å²) in [5, 5.41) is 0. The standard InChI is InChI=1S/C19H20/c1-3-5-9-16(4-2)18-12-14-19(15-13-18)17-10-7-6-8-11-17/h6-8,10-15H,2-3,5,9H2,1H3. The molecule has 0 heteroatoms. The van der Waals surface area contributed by atoms with E-state index in [4.69, 9.17) is 0 Å². The topological polar surface area (TPSA) is 0 Å². The summed E-state index contributed by atoms with van der Waals surface area (Å²) < 4.78 is 0. The molecule has 0 spiro atoms. The molecule has 0 saturated heterocycles. The number of rotatable bonds is 5. The second kappa shape index (κ2) is 6.78. The molecule has 2 aromatic rings. The minimum absolute atomic E-state index is 1.06. The molecule has 2 aromatic carbocycles. The summed E-state index contributed by atoms with van der Waals surface area (Å²) in [5.41, 5.74) is 8.05. The summed E-state index contributed by atoms with van der Waals surface area (Å²) in [7, 11) is 0. The fourth-order valence-electron chi connectivity index (χ4n) is 2.18. The van der Waals surface area contributed by atoms with Crippen molar-refractivity contribution >= 4 is 5.57 Å². The van der Waals surface area contributed by atoms with Crippen LogP contribution in [0.5, 0.6) is 0 Å². The molecule has 0 bridgehead atoms. The summed E-state index contributed by atoms with van der Waals surface area (Å²) >= 11 is 0. The van der Waals surface area contributed by atoms with E-state index in [0.29, 0.717) is 0 Å². The Hall–Kier alpha value is -2.04. The molecule has 96 valence electrons. The van der Waals surface area contributed by atoms with E-state index in [9.17, 15) is 0 Å². The smallest absolute Gasteiger partial charge is 0.000581 e. The lowest BCUT2D eigenvalue weighted by atomic mass is 9.98. The monoisotopic (exact) mass is 248 g/mol. The molecular formula is C19H20. The predicted molar refractivity (Wildman–Crippen MR) is 84.0 cm³/mol. The van der Waals surface area contributed by atoms with Gasteiger partial charge in [-0.15, -0.1) is 5.73 Å². The first-order valence-electron chi connectivity index (χ1n) is 6.90. The van der Waals surface area contributed by atoms with E-state index in [1.165, 1.54) is 35.1 Å². The van der Waals surface area contributed by atoms with Gasteiger partial charge in [-0.3, -0.25) is 0 Å². The van der Waals surface area contributed by atoms with Crippen LogP contribution in [-0.2, 0) is 0 Å². The zero-order chi connectivity index (χ0) is 13.5. The van der Waals surface area contributed by atoms with Crippen LogP contribution in [0.4, 0.5) is 0 Å². The normalized spacial score (nSPS) is 9.95. The quantitative estimate of drug-likeness (QED) is 0.594. The van der Waals surface area contributed by atoms with Crippen LogP contribution in [-0.4, -0.2) is 0 Å². The first-order valence-corrected chi connectivity index (χ1v) is 6.90. The van der Waals surface area contributed by atoms with E-state index in [0.717, 1.165) is 6.42 Å². The van der Waals surface area contributed by atoms with Gasteiger partial charge < -0.3 is 0 Å². The molecule has 0 aliphatic heterocycles. The van der Waals surface area contributed by atoms with E-state index in [1.54, 1.807) is 0 Å². The molecule has 0 N–H and O–H groups in total. The summed E-state index contributed by atoms with van der Waals surface area (Å²) in [5.74, 6) is 0. The fraction of sp³-hybridized carbons (Fsp3) is 0.211. The largest absolute Gasteiger partial charge is 0.125 e. The number of benzene rings is 2. The molecule has 0 unspecified atom stereocenters. The average Bonchev–Trinajstić information content (AvgIpc) is 2.49. The Morgan fingerprint density at radius 2 is 1.58 bits per heavy atom. The second-order valence-corrected chi connectivity index (χ2v) is 4.70. The van der Waals surface area contributed by atoms with Crippen LogP contribution in [0.25, 0.3) is 16.7 Å². The Bertz CT molecular complexity index is 555. The minimum Gasteiger partial charge on any atom is -0.125 e. The fourth-order valence-corrected chi connectivity index (χ4v) is 2.18. The number of hydrogen-bond acceptors (Lipinski definition) is 0.